The molecule has 3 aromatic rings. The van der Waals surface area contributed by atoms with Gasteiger partial charge >= 0.3 is 0 Å². The molecule has 0 spiro atoms. The van der Waals surface area contributed by atoms with Crippen LogP contribution in [0, 0.1) is 6.92 Å². The van der Waals surface area contributed by atoms with Gasteiger partial charge in [-0.25, -0.2) is 4.98 Å². The molecule has 1 amide bonds. The number of carbonyl (C=O) groups is 1. The Morgan fingerprint density at radius 3 is 2.54 bits per heavy atom. The van der Waals surface area contributed by atoms with Crippen molar-refractivity contribution >= 4 is 35.0 Å². The van der Waals surface area contributed by atoms with Gasteiger partial charge in [-0.2, -0.15) is 0 Å². The van der Waals surface area contributed by atoms with Gasteiger partial charge in [-0.1, -0.05) is 29.8 Å². The molecule has 144 valence electrons. The second-order valence-corrected chi connectivity index (χ2v) is 6.60. The van der Waals surface area contributed by atoms with Crippen LogP contribution < -0.4 is 16.0 Å². The van der Waals surface area contributed by atoms with E-state index in [2.05, 4.69) is 31.1 Å². The van der Waals surface area contributed by atoms with Crippen LogP contribution in [0.5, 0.6) is 0 Å². The van der Waals surface area contributed by atoms with Crippen LogP contribution in [0.25, 0.3) is 0 Å². The Kier molecular flexibility index (Phi) is 6.75. The Morgan fingerprint density at radius 1 is 1.00 bits per heavy atom. The lowest BCUT2D eigenvalue weighted by Gasteiger charge is -2.09. The number of rotatable bonds is 8. The first-order chi connectivity index (χ1) is 13.6. The molecule has 0 saturated carbocycles. The predicted octanol–water partition coefficient (Wildman–Crippen LogP) is 3.35. The lowest BCUT2D eigenvalue weighted by Crippen LogP contribution is -2.30. The molecule has 0 aliphatic carbocycles. The molecule has 0 aliphatic rings. The number of aryl methyl sites for hydroxylation is 1. The molecule has 3 N–H and O–H groups in total. The second kappa shape index (κ2) is 9.66. The van der Waals surface area contributed by atoms with Gasteiger partial charge in [0.25, 0.3) is 0 Å². The molecule has 0 radical (unpaired) electrons. The zero-order chi connectivity index (χ0) is 19.8. The number of carbonyl (C=O) groups excluding carboxylic acids is 1. The Hall–Kier alpha value is -3.19. The monoisotopic (exact) mass is 396 g/mol. The third-order valence-electron chi connectivity index (χ3n) is 3.90. The lowest BCUT2D eigenvalue weighted by molar-refractivity contribution is -0.120. The first-order valence-corrected chi connectivity index (χ1v) is 9.25. The molecule has 8 heteroatoms. The first-order valence-electron chi connectivity index (χ1n) is 8.87. The maximum Gasteiger partial charge on any atom is 0.224 e. The summed E-state index contributed by atoms with van der Waals surface area (Å²) in [5, 5.41) is 17.9. The number of hydrogen-bond acceptors (Lipinski definition) is 6. The first kappa shape index (κ1) is 19.6. The average Bonchev–Trinajstić information content (AvgIpc) is 2.68. The molecule has 0 fully saturated rings. The molecule has 2 aromatic heterocycles. The van der Waals surface area contributed by atoms with Crippen LogP contribution in [-0.2, 0) is 11.2 Å². The number of pyridine rings is 1. The van der Waals surface area contributed by atoms with Crippen LogP contribution in [0.2, 0.25) is 5.02 Å². The minimum Gasteiger partial charge on any atom is -0.367 e. The highest BCUT2D eigenvalue weighted by atomic mass is 35.5. The molecule has 7 nitrogen and oxygen atoms in total. The summed E-state index contributed by atoms with van der Waals surface area (Å²) in [5.41, 5.74) is 1.92. The van der Waals surface area contributed by atoms with Crippen LogP contribution in [0.3, 0.4) is 0 Å². The van der Waals surface area contributed by atoms with Crippen molar-refractivity contribution in [1.82, 2.24) is 20.5 Å². The zero-order valence-corrected chi connectivity index (χ0v) is 16.2. The number of benzene rings is 1. The van der Waals surface area contributed by atoms with E-state index in [-0.39, 0.29) is 12.3 Å². The number of aromatic nitrogens is 3. The Balaban J connectivity index is 1.40. The van der Waals surface area contributed by atoms with Crippen molar-refractivity contribution in [3.05, 3.63) is 70.9 Å². The molecule has 0 unspecified atom stereocenters. The SMILES string of the molecule is Cc1ccnc(Nc2ccc(NCCNC(=O)Cc3ccccc3Cl)nn2)c1. The van der Waals surface area contributed by atoms with Crippen molar-refractivity contribution < 1.29 is 4.79 Å². The molecule has 1 aromatic carbocycles. The van der Waals surface area contributed by atoms with Crippen molar-refractivity contribution in [3.8, 4) is 0 Å². The summed E-state index contributed by atoms with van der Waals surface area (Å²) >= 11 is 6.06. The maximum atomic E-state index is 12.0. The minimum absolute atomic E-state index is 0.0776. The number of nitrogens with one attached hydrogen (secondary N) is 3. The molecule has 28 heavy (non-hydrogen) atoms. The number of halogens is 1. The molecule has 0 bridgehead atoms. The number of anilines is 3. The molecule has 2 heterocycles. The molecule has 0 saturated heterocycles. The van der Waals surface area contributed by atoms with E-state index in [1.165, 1.54) is 0 Å². The highest BCUT2D eigenvalue weighted by molar-refractivity contribution is 6.31. The van der Waals surface area contributed by atoms with Crippen molar-refractivity contribution in [2.24, 2.45) is 0 Å². The summed E-state index contributed by atoms with van der Waals surface area (Å²) in [6.07, 6.45) is 1.99. The van der Waals surface area contributed by atoms with Crippen LogP contribution in [-0.4, -0.2) is 34.2 Å². The van der Waals surface area contributed by atoms with Crippen LogP contribution in [0.4, 0.5) is 17.5 Å². The largest absolute Gasteiger partial charge is 0.367 e. The van der Waals surface area contributed by atoms with Crippen molar-refractivity contribution in [1.29, 1.82) is 0 Å². The van der Waals surface area contributed by atoms with Gasteiger partial charge in [-0.15, -0.1) is 10.2 Å². The number of hydrogen-bond donors (Lipinski definition) is 3. The predicted molar refractivity (Wildman–Crippen MR) is 111 cm³/mol. The minimum atomic E-state index is -0.0776. The second-order valence-electron chi connectivity index (χ2n) is 6.19. The topological polar surface area (TPSA) is 91.8 Å². The van der Waals surface area contributed by atoms with Crippen molar-refractivity contribution in [2.45, 2.75) is 13.3 Å². The van der Waals surface area contributed by atoms with Gasteiger partial charge in [-0.3, -0.25) is 4.79 Å². The Labute approximate surface area is 168 Å². The third kappa shape index (κ3) is 5.92. The third-order valence-corrected chi connectivity index (χ3v) is 4.27. The van der Waals surface area contributed by atoms with Gasteiger partial charge in [0.05, 0.1) is 6.42 Å². The van der Waals surface area contributed by atoms with Crippen LogP contribution >= 0.6 is 11.6 Å². The molecule has 3 rings (SSSR count). The van der Waals surface area contributed by atoms with E-state index in [0.29, 0.717) is 29.7 Å². The molecular weight excluding hydrogens is 376 g/mol. The summed E-state index contributed by atoms with van der Waals surface area (Å²) in [6.45, 7) is 3.01. The quantitative estimate of drug-likeness (QED) is 0.506. The van der Waals surface area contributed by atoms with E-state index >= 15 is 0 Å². The van der Waals surface area contributed by atoms with Gasteiger partial charge in [-0.05, 0) is 48.4 Å². The van der Waals surface area contributed by atoms with E-state index in [1.807, 2.05) is 49.4 Å². The standard InChI is InChI=1S/C20H21ClN6O/c1-14-8-9-22-19(12-14)25-18-7-6-17(26-27-18)23-10-11-24-20(28)13-15-4-2-3-5-16(15)21/h2-9,12H,10-11,13H2,1H3,(H,23,26)(H,24,28)(H,22,25,27). The summed E-state index contributed by atoms with van der Waals surface area (Å²) in [6, 6.07) is 14.8. The van der Waals surface area contributed by atoms with E-state index in [9.17, 15) is 4.79 Å². The summed E-state index contributed by atoms with van der Waals surface area (Å²) in [4.78, 5) is 16.2. The summed E-state index contributed by atoms with van der Waals surface area (Å²) < 4.78 is 0. The van der Waals surface area contributed by atoms with Crippen LogP contribution in [0.15, 0.2) is 54.7 Å². The van der Waals surface area contributed by atoms with E-state index < -0.39 is 0 Å². The fraction of sp³-hybridized carbons (Fsp3) is 0.200. The van der Waals surface area contributed by atoms with E-state index in [0.717, 1.165) is 16.9 Å². The maximum absolute atomic E-state index is 12.0. The number of nitrogens with zero attached hydrogens (tertiary/aromatic N) is 3. The molecular formula is C20H21ClN6O. The van der Waals surface area contributed by atoms with E-state index in [1.54, 1.807) is 12.3 Å². The average molecular weight is 397 g/mol. The van der Waals surface area contributed by atoms with Gasteiger partial charge in [0.2, 0.25) is 5.91 Å². The zero-order valence-electron chi connectivity index (χ0n) is 15.4. The summed E-state index contributed by atoms with van der Waals surface area (Å²) in [7, 11) is 0. The summed E-state index contributed by atoms with van der Waals surface area (Å²) in [5.74, 6) is 1.88. The molecule has 0 atom stereocenters. The fourth-order valence-corrected chi connectivity index (χ4v) is 2.70. The van der Waals surface area contributed by atoms with Crippen molar-refractivity contribution in [3.63, 3.8) is 0 Å². The highest BCUT2D eigenvalue weighted by Gasteiger charge is 2.06. The van der Waals surface area contributed by atoms with Gasteiger partial charge in [0.1, 0.15) is 11.6 Å². The normalized spacial score (nSPS) is 10.4. The number of amides is 1. The van der Waals surface area contributed by atoms with E-state index in [4.69, 9.17) is 11.6 Å². The molecule has 0 aliphatic heterocycles. The van der Waals surface area contributed by atoms with Gasteiger partial charge in [0.15, 0.2) is 5.82 Å². The Bertz CT molecular complexity index is 932. The van der Waals surface area contributed by atoms with Crippen LogP contribution in [0.1, 0.15) is 11.1 Å². The fourth-order valence-electron chi connectivity index (χ4n) is 2.50. The smallest absolute Gasteiger partial charge is 0.224 e. The van der Waals surface area contributed by atoms with Gasteiger partial charge < -0.3 is 16.0 Å². The lowest BCUT2D eigenvalue weighted by atomic mass is 10.1. The van der Waals surface area contributed by atoms with Crippen molar-refractivity contribution in [2.75, 3.05) is 23.7 Å². The highest BCUT2D eigenvalue weighted by Crippen LogP contribution is 2.15. The Morgan fingerprint density at radius 2 is 1.79 bits per heavy atom. The van der Waals surface area contributed by atoms with Gasteiger partial charge in [0, 0.05) is 24.3 Å².